The van der Waals surface area contributed by atoms with Crippen LogP contribution in [0.25, 0.3) is 10.9 Å². The lowest BCUT2D eigenvalue weighted by Crippen LogP contribution is -2.30. The minimum absolute atomic E-state index is 0.0608. The van der Waals surface area contributed by atoms with Crippen LogP contribution in [-0.4, -0.2) is 29.4 Å². The van der Waals surface area contributed by atoms with Crippen LogP contribution in [-0.2, 0) is 4.57 Å². The largest absolute Gasteiger partial charge is 0.409 e. The van der Waals surface area contributed by atoms with Crippen LogP contribution in [0.3, 0.4) is 0 Å². The predicted molar refractivity (Wildman–Crippen MR) is 134 cm³/mol. The van der Waals surface area contributed by atoms with Crippen molar-refractivity contribution in [2.75, 3.05) is 18.6 Å². The van der Waals surface area contributed by atoms with Crippen molar-refractivity contribution in [3.63, 3.8) is 0 Å². The number of oxime groups is 1. The zero-order valence-corrected chi connectivity index (χ0v) is 20.2. The number of amidine groups is 1. The van der Waals surface area contributed by atoms with Crippen molar-refractivity contribution in [2.45, 2.75) is 38.5 Å². The third-order valence-corrected chi connectivity index (χ3v) is 8.50. The molecule has 174 valence electrons. The fourth-order valence-electron chi connectivity index (χ4n) is 4.93. The molecule has 0 unspecified atom stereocenters. The van der Waals surface area contributed by atoms with Crippen molar-refractivity contribution < 1.29 is 14.2 Å². The van der Waals surface area contributed by atoms with Gasteiger partial charge in [-0.2, -0.15) is 0 Å². The number of hydrogen-bond acceptors (Lipinski definition) is 4. The molecule has 7 heteroatoms. The normalized spacial score (nSPS) is 20.5. The Labute approximate surface area is 194 Å². The topological polar surface area (TPSA) is 74.6 Å². The number of nitrogens with zero attached hydrogens (tertiary/aromatic N) is 2. The summed E-state index contributed by atoms with van der Waals surface area (Å²) < 4.78 is 26.1. The molecule has 0 radical (unpaired) electrons. The van der Waals surface area contributed by atoms with Crippen LogP contribution in [0, 0.1) is 17.7 Å². The maximum atomic E-state index is 13.9. The molecule has 5 nitrogen and oxygen atoms in total. The third-order valence-electron chi connectivity index (χ3n) is 6.96. The van der Waals surface area contributed by atoms with Gasteiger partial charge in [-0.3, -0.25) is 4.98 Å². The summed E-state index contributed by atoms with van der Waals surface area (Å²) in [5.41, 5.74) is 2.81. The molecule has 33 heavy (non-hydrogen) atoms. The van der Waals surface area contributed by atoms with Crippen LogP contribution in [0.4, 0.5) is 10.1 Å². The van der Waals surface area contributed by atoms with Gasteiger partial charge in [-0.05, 0) is 105 Å². The lowest BCUT2D eigenvalue weighted by Gasteiger charge is -2.33. The summed E-state index contributed by atoms with van der Waals surface area (Å²) in [5.74, 6) is 1.12. The molecule has 1 fully saturated rings. The van der Waals surface area contributed by atoms with E-state index in [1.807, 2.05) is 36.5 Å². The van der Waals surface area contributed by atoms with Gasteiger partial charge in [-0.1, -0.05) is 12.1 Å². The van der Waals surface area contributed by atoms with E-state index in [9.17, 15) is 14.2 Å². The van der Waals surface area contributed by atoms with E-state index in [1.54, 1.807) is 25.5 Å². The van der Waals surface area contributed by atoms with Crippen molar-refractivity contribution in [3.05, 3.63) is 66.1 Å². The Morgan fingerprint density at radius 2 is 1.82 bits per heavy atom. The summed E-state index contributed by atoms with van der Waals surface area (Å²) in [6, 6.07) is 14.3. The van der Waals surface area contributed by atoms with Crippen molar-refractivity contribution >= 4 is 34.9 Å². The maximum absolute atomic E-state index is 13.9. The molecule has 2 N–H and O–H groups in total. The molecule has 3 aromatic rings. The zero-order chi connectivity index (χ0) is 23.6. The number of aromatic nitrogens is 1. The maximum Gasteiger partial charge on any atom is 0.149 e. The Kier molecular flexibility index (Phi) is 6.85. The average molecular weight is 468 g/mol. The summed E-state index contributed by atoms with van der Waals surface area (Å²) in [5, 5.41) is 18.2. The minimum Gasteiger partial charge on any atom is -0.409 e. The monoisotopic (exact) mass is 467 g/mol. The van der Waals surface area contributed by atoms with Crippen LogP contribution in [0.15, 0.2) is 59.9 Å². The third kappa shape index (κ3) is 5.27. The van der Waals surface area contributed by atoms with Gasteiger partial charge >= 0.3 is 0 Å². The summed E-state index contributed by atoms with van der Waals surface area (Å²) in [7, 11) is -2.30. The molecule has 0 amide bonds. The number of rotatable bonds is 5. The molecule has 0 saturated heterocycles. The smallest absolute Gasteiger partial charge is 0.149 e. The molecule has 1 aliphatic rings. The first-order valence-corrected chi connectivity index (χ1v) is 14.0. The highest BCUT2D eigenvalue weighted by Crippen LogP contribution is 2.41. The van der Waals surface area contributed by atoms with Crippen LogP contribution >= 0.6 is 7.14 Å². The zero-order valence-electron chi connectivity index (χ0n) is 19.3. The fraction of sp³-hybridized carbons (Fsp3) is 0.385. The van der Waals surface area contributed by atoms with Gasteiger partial charge in [0.15, 0.2) is 0 Å². The Hall–Kier alpha value is -2.72. The van der Waals surface area contributed by atoms with Crippen molar-refractivity contribution in [2.24, 2.45) is 17.0 Å². The summed E-state index contributed by atoms with van der Waals surface area (Å²) in [4.78, 5) is 4.38. The highest BCUT2D eigenvalue weighted by molar-refractivity contribution is 7.70. The quantitative estimate of drug-likeness (QED) is 0.149. The van der Waals surface area contributed by atoms with Gasteiger partial charge in [-0.25, -0.2) is 4.39 Å². The molecule has 1 aromatic heterocycles. The highest BCUT2D eigenvalue weighted by Gasteiger charge is 2.30. The number of pyridine rings is 1. The number of halogens is 1. The Balaban J connectivity index is 1.42. The fourth-order valence-corrected chi connectivity index (χ4v) is 5.80. The molecular formula is C26H31FN3O2P. The lowest BCUT2D eigenvalue weighted by atomic mass is 9.73. The average Bonchev–Trinajstić information content (AvgIpc) is 2.81. The number of nitrogens with one attached hydrogen (secondary N) is 1. The van der Waals surface area contributed by atoms with Gasteiger partial charge in [-0.15, -0.1) is 0 Å². The molecule has 1 atom stereocenters. The molecule has 0 aliphatic heterocycles. The standard InChI is InChI=1S/C26H31FN3O2P/c1-17(26(30-31)29-21-9-11-22(12-10-21)33(2,3)32)18-4-6-19(7-5-18)23-14-15-28-25-13-8-20(27)16-24(23)25/h8-19,31H,4-7H2,1-3H3,(H,29,30)/t17-,18-,19+/m0/s1. The van der Waals surface area contributed by atoms with Crippen LogP contribution in [0.2, 0.25) is 0 Å². The summed E-state index contributed by atoms with van der Waals surface area (Å²) >= 11 is 0. The minimum atomic E-state index is -2.30. The van der Waals surface area contributed by atoms with Crippen molar-refractivity contribution in [3.8, 4) is 0 Å². The number of benzene rings is 2. The summed E-state index contributed by atoms with van der Waals surface area (Å²) in [6.07, 6.45) is 5.81. The Bertz CT molecular complexity index is 1200. The van der Waals surface area contributed by atoms with Gasteiger partial charge in [0, 0.05) is 28.5 Å². The van der Waals surface area contributed by atoms with Gasteiger partial charge in [0.2, 0.25) is 0 Å². The molecule has 0 bridgehead atoms. The second kappa shape index (κ2) is 9.64. The lowest BCUT2D eigenvalue weighted by molar-refractivity contribution is 0.273. The first-order chi connectivity index (χ1) is 15.8. The molecule has 1 aliphatic carbocycles. The molecule has 1 heterocycles. The Morgan fingerprint density at radius 3 is 2.45 bits per heavy atom. The van der Waals surface area contributed by atoms with Crippen LogP contribution in [0.5, 0.6) is 0 Å². The van der Waals surface area contributed by atoms with E-state index in [2.05, 4.69) is 22.4 Å². The Morgan fingerprint density at radius 1 is 1.12 bits per heavy atom. The van der Waals surface area contributed by atoms with E-state index in [-0.39, 0.29) is 11.7 Å². The predicted octanol–water partition coefficient (Wildman–Crippen LogP) is 6.43. The van der Waals surface area contributed by atoms with Crippen molar-refractivity contribution in [1.29, 1.82) is 0 Å². The van der Waals surface area contributed by atoms with E-state index in [4.69, 9.17) is 0 Å². The van der Waals surface area contributed by atoms with Gasteiger partial charge in [0.25, 0.3) is 0 Å². The highest BCUT2D eigenvalue weighted by atomic mass is 31.2. The number of anilines is 1. The van der Waals surface area contributed by atoms with Crippen LogP contribution < -0.4 is 10.6 Å². The van der Waals surface area contributed by atoms with E-state index < -0.39 is 7.14 Å². The van der Waals surface area contributed by atoms with Gasteiger partial charge in [0.1, 0.15) is 18.8 Å². The SMILES string of the molecule is C[C@H](/C(=N/O)Nc1ccc(P(C)(C)=O)cc1)[C@H]1CC[C@@H](c2ccnc3ccc(F)cc32)CC1. The molecule has 2 aromatic carbocycles. The van der Waals surface area contributed by atoms with E-state index in [0.717, 1.165) is 47.6 Å². The second-order valence-corrected chi connectivity index (χ2v) is 12.7. The van der Waals surface area contributed by atoms with Gasteiger partial charge in [0.05, 0.1) is 5.52 Å². The first-order valence-electron chi connectivity index (χ1n) is 11.4. The first kappa shape index (κ1) is 23.4. The molecular weight excluding hydrogens is 436 g/mol. The van der Waals surface area contributed by atoms with Gasteiger partial charge < -0.3 is 15.1 Å². The van der Waals surface area contributed by atoms with E-state index in [0.29, 0.717) is 17.7 Å². The number of fused-ring (bicyclic) bond motifs is 1. The number of hydrogen-bond donors (Lipinski definition) is 2. The molecule has 1 saturated carbocycles. The summed E-state index contributed by atoms with van der Waals surface area (Å²) in [6.45, 7) is 5.59. The molecule has 0 spiro atoms. The van der Waals surface area contributed by atoms with E-state index in [1.165, 1.54) is 11.6 Å². The van der Waals surface area contributed by atoms with E-state index >= 15 is 0 Å². The second-order valence-electron chi connectivity index (χ2n) is 9.47. The molecule has 4 rings (SSSR count). The van der Waals surface area contributed by atoms with Crippen molar-refractivity contribution in [1.82, 2.24) is 4.98 Å². The van der Waals surface area contributed by atoms with Crippen LogP contribution in [0.1, 0.15) is 44.1 Å².